The topological polar surface area (TPSA) is 42.0 Å². The number of alkyl halides is 3. The molecule has 2 rings (SSSR count). The minimum atomic E-state index is -4.47. The van der Waals surface area contributed by atoms with E-state index in [2.05, 4.69) is 10.3 Å². The van der Waals surface area contributed by atoms with E-state index in [0.717, 1.165) is 18.2 Å². The van der Waals surface area contributed by atoms with Gasteiger partial charge in [0, 0.05) is 5.38 Å². The fraction of sp³-hybridized carbons (Fsp3) is 0.0909. The molecule has 0 bridgehead atoms. The number of anilines is 1. The molecule has 0 saturated heterocycles. The molecule has 1 N–H and O–H groups in total. The maximum atomic E-state index is 12.4. The lowest BCUT2D eigenvalue weighted by Gasteiger charge is -2.10. The molecule has 1 amide bonds. The van der Waals surface area contributed by atoms with Gasteiger partial charge in [0.2, 0.25) is 0 Å². The van der Waals surface area contributed by atoms with E-state index in [9.17, 15) is 18.0 Å². The van der Waals surface area contributed by atoms with Crippen LogP contribution >= 0.6 is 22.9 Å². The van der Waals surface area contributed by atoms with Crippen molar-refractivity contribution in [2.24, 2.45) is 0 Å². The van der Waals surface area contributed by atoms with Gasteiger partial charge in [0.1, 0.15) is 5.69 Å². The zero-order chi connectivity index (χ0) is 14.0. The van der Waals surface area contributed by atoms with Crippen molar-refractivity contribution in [2.45, 2.75) is 6.18 Å². The van der Waals surface area contributed by atoms with Gasteiger partial charge in [0.15, 0.2) is 0 Å². The molecule has 0 radical (unpaired) electrons. The van der Waals surface area contributed by atoms with E-state index in [1.807, 2.05) is 0 Å². The van der Waals surface area contributed by atoms with E-state index in [-0.39, 0.29) is 16.4 Å². The summed E-state index contributed by atoms with van der Waals surface area (Å²) in [7, 11) is 0. The van der Waals surface area contributed by atoms with Gasteiger partial charge in [0.05, 0.1) is 21.8 Å². The van der Waals surface area contributed by atoms with Crippen LogP contribution in [0, 0.1) is 0 Å². The van der Waals surface area contributed by atoms with Crippen LogP contribution < -0.4 is 5.32 Å². The highest BCUT2D eigenvalue weighted by Gasteiger charge is 2.31. The number of thiazole rings is 1. The first kappa shape index (κ1) is 13.8. The van der Waals surface area contributed by atoms with Gasteiger partial charge in [-0.2, -0.15) is 13.2 Å². The highest BCUT2D eigenvalue weighted by molar-refractivity contribution is 7.07. The predicted molar refractivity (Wildman–Crippen MR) is 66.5 cm³/mol. The first-order valence-corrected chi connectivity index (χ1v) is 6.26. The Balaban J connectivity index is 2.21. The molecule has 8 heteroatoms. The molecule has 2 aromatic rings. The second-order valence-corrected chi connectivity index (χ2v) is 4.65. The van der Waals surface area contributed by atoms with Crippen LogP contribution in [0.5, 0.6) is 0 Å². The van der Waals surface area contributed by atoms with Crippen LogP contribution in [0.2, 0.25) is 5.02 Å². The van der Waals surface area contributed by atoms with Gasteiger partial charge in [-0.1, -0.05) is 11.6 Å². The normalized spacial score (nSPS) is 11.4. The largest absolute Gasteiger partial charge is 0.416 e. The Morgan fingerprint density at radius 3 is 2.63 bits per heavy atom. The second-order valence-electron chi connectivity index (χ2n) is 3.52. The van der Waals surface area contributed by atoms with Crippen LogP contribution in [-0.2, 0) is 6.18 Å². The number of halogens is 4. The van der Waals surface area contributed by atoms with Gasteiger partial charge in [0.25, 0.3) is 5.91 Å². The fourth-order valence-electron chi connectivity index (χ4n) is 1.30. The van der Waals surface area contributed by atoms with E-state index in [0.29, 0.717) is 0 Å². The van der Waals surface area contributed by atoms with Gasteiger partial charge < -0.3 is 5.32 Å². The zero-order valence-electron chi connectivity index (χ0n) is 9.16. The number of nitrogens with one attached hydrogen (secondary N) is 1. The summed E-state index contributed by atoms with van der Waals surface area (Å²) < 4.78 is 37.3. The fourth-order valence-corrected chi connectivity index (χ4v) is 2.06. The van der Waals surface area contributed by atoms with Gasteiger partial charge in [-0.15, -0.1) is 11.3 Å². The smallest absolute Gasteiger partial charge is 0.319 e. The quantitative estimate of drug-likeness (QED) is 0.909. The predicted octanol–water partition coefficient (Wildman–Crippen LogP) is 4.07. The molecule has 1 heterocycles. The molecule has 100 valence electrons. The molecular weight excluding hydrogens is 301 g/mol. The van der Waals surface area contributed by atoms with E-state index < -0.39 is 17.6 Å². The number of amides is 1. The molecule has 0 saturated carbocycles. The molecule has 19 heavy (non-hydrogen) atoms. The summed E-state index contributed by atoms with van der Waals surface area (Å²) in [6, 6.07) is 2.72. The minimum Gasteiger partial charge on any atom is -0.319 e. The summed E-state index contributed by atoms with van der Waals surface area (Å²) >= 11 is 6.94. The number of rotatable bonds is 2. The Bertz CT molecular complexity index is 598. The lowest BCUT2D eigenvalue weighted by molar-refractivity contribution is -0.137. The third kappa shape index (κ3) is 3.24. The van der Waals surface area contributed by atoms with Crippen LogP contribution in [0.4, 0.5) is 18.9 Å². The second kappa shape index (κ2) is 5.18. The number of benzene rings is 1. The Morgan fingerprint density at radius 1 is 1.37 bits per heavy atom. The average molecular weight is 307 g/mol. The summed E-state index contributed by atoms with van der Waals surface area (Å²) in [6.07, 6.45) is -4.47. The summed E-state index contributed by atoms with van der Waals surface area (Å²) in [6.45, 7) is 0. The molecule has 0 aliphatic carbocycles. The summed E-state index contributed by atoms with van der Waals surface area (Å²) in [5.74, 6) is -0.525. The van der Waals surface area contributed by atoms with Crippen molar-refractivity contribution < 1.29 is 18.0 Å². The zero-order valence-corrected chi connectivity index (χ0v) is 10.7. The standard InChI is InChI=1S/C11H6ClF3N2OS/c12-7-3-6(11(13,14)15)1-2-8(7)17-10(18)9-4-19-5-16-9/h1-5H,(H,17,18). The Labute approximate surface area is 115 Å². The number of carbonyl (C=O) groups is 1. The van der Waals surface area contributed by atoms with Crippen molar-refractivity contribution in [3.63, 3.8) is 0 Å². The molecule has 0 atom stereocenters. The Hall–Kier alpha value is -1.60. The molecule has 0 spiro atoms. The molecule has 0 unspecified atom stereocenters. The summed E-state index contributed by atoms with van der Waals surface area (Å²) in [5.41, 5.74) is 0.890. The van der Waals surface area contributed by atoms with E-state index in [4.69, 9.17) is 11.6 Å². The maximum Gasteiger partial charge on any atom is 0.416 e. The molecule has 1 aromatic heterocycles. The summed E-state index contributed by atoms with van der Waals surface area (Å²) in [4.78, 5) is 15.4. The molecule has 0 aliphatic heterocycles. The number of nitrogens with zero attached hydrogens (tertiary/aromatic N) is 1. The van der Waals surface area contributed by atoms with Crippen molar-refractivity contribution in [1.29, 1.82) is 0 Å². The van der Waals surface area contributed by atoms with Crippen LogP contribution in [0.25, 0.3) is 0 Å². The van der Waals surface area contributed by atoms with Crippen LogP contribution in [-0.4, -0.2) is 10.9 Å². The number of carbonyl (C=O) groups excluding carboxylic acids is 1. The van der Waals surface area contributed by atoms with Crippen LogP contribution in [0.15, 0.2) is 29.1 Å². The molecular formula is C11H6ClF3N2OS. The van der Waals surface area contributed by atoms with Gasteiger partial charge in [-0.3, -0.25) is 4.79 Å². The number of hydrogen-bond acceptors (Lipinski definition) is 3. The molecule has 0 fully saturated rings. The van der Waals surface area contributed by atoms with Crippen LogP contribution in [0.3, 0.4) is 0 Å². The third-order valence-electron chi connectivity index (χ3n) is 2.21. The van der Waals surface area contributed by atoms with Crippen molar-refractivity contribution in [1.82, 2.24) is 4.98 Å². The first-order valence-electron chi connectivity index (χ1n) is 4.94. The minimum absolute atomic E-state index is 0.104. The monoisotopic (exact) mass is 306 g/mol. The van der Waals surface area contributed by atoms with Gasteiger partial charge >= 0.3 is 6.18 Å². The lowest BCUT2D eigenvalue weighted by atomic mass is 10.2. The Kier molecular flexibility index (Phi) is 3.77. The highest BCUT2D eigenvalue weighted by Crippen LogP contribution is 2.33. The number of hydrogen-bond donors (Lipinski definition) is 1. The van der Waals surface area contributed by atoms with E-state index in [1.165, 1.54) is 22.2 Å². The average Bonchev–Trinajstić information content (AvgIpc) is 2.84. The number of aromatic nitrogens is 1. The highest BCUT2D eigenvalue weighted by atomic mass is 35.5. The van der Waals surface area contributed by atoms with Crippen molar-refractivity contribution >= 4 is 34.5 Å². The molecule has 1 aromatic carbocycles. The van der Waals surface area contributed by atoms with Crippen molar-refractivity contribution in [2.75, 3.05) is 5.32 Å². The lowest BCUT2D eigenvalue weighted by Crippen LogP contribution is -2.13. The van der Waals surface area contributed by atoms with Crippen molar-refractivity contribution in [3.8, 4) is 0 Å². The first-order chi connectivity index (χ1) is 8.88. The third-order valence-corrected chi connectivity index (χ3v) is 3.11. The maximum absolute atomic E-state index is 12.4. The molecule has 3 nitrogen and oxygen atoms in total. The van der Waals surface area contributed by atoms with E-state index in [1.54, 1.807) is 0 Å². The van der Waals surface area contributed by atoms with Gasteiger partial charge in [-0.25, -0.2) is 4.98 Å². The SMILES string of the molecule is O=C(Nc1ccc(C(F)(F)F)cc1Cl)c1cscn1. The van der Waals surface area contributed by atoms with E-state index >= 15 is 0 Å². The van der Waals surface area contributed by atoms with Crippen molar-refractivity contribution in [3.05, 3.63) is 45.4 Å². The van der Waals surface area contributed by atoms with Gasteiger partial charge in [-0.05, 0) is 18.2 Å². The summed E-state index contributed by atoms with van der Waals surface area (Å²) in [5, 5.41) is 3.74. The molecule has 0 aliphatic rings. The van der Waals surface area contributed by atoms with Crippen LogP contribution in [0.1, 0.15) is 16.1 Å². The Morgan fingerprint density at radius 2 is 2.11 bits per heavy atom.